The van der Waals surface area contributed by atoms with Gasteiger partial charge in [0.1, 0.15) is 12.2 Å². The summed E-state index contributed by atoms with van der Waals surface area (Å²) in [6.07, 6.45) is 1.52. The van der Waals surface area contributed by atoms with Crippen LogP contribution in [0.1, 0.15) is 27.2 Å². The number of hydrazone groups is 1. The Labute approximate surface area is 194 Å². The molecule has 0 saturated carbocycles. The van der Waals surface area contributed by atoms with Crippen LogP contribution >= 0.6 is 15.9 Å². The van der Waals surface area contributed by atoms with E-state index in [1.807, 2.05) is 55.5 Å². The fourth-order valence-corrected chi connectivity index (χ4v) is 3.50. The number of benzene rings is 3. The van der Waals surface area contributed by atoms with E-state index in [0.29, 0.717) is 23.7 Å². The Bertz CT molecular complexity index is 1250. The zero-order valence-electron chi connectivity index (χ0n) is 17.6. The van der Waals surface area contributed by atoms with Gasteiger partial charge in [0.25, 0.3) is 0 Å². The second-order valence-electron chi connectivity index (χ2n) is 7.15. The van der Waals surface area contributed by atoms with Gasteiger partial charge in [0.2, 0.25) is 0 Å². The van der Waals surface area contributed by atoms with Gasteiger partial charge >= 0.3 is 5.91 Å². The average molecular weight is 493 g/mol. The molecule has 0 bridgehead atoms. The zero-order valence-corrected chi connectivity index (χ0v) is 19.2. The highest BCUT2D eigenvalue weighted by Crippen LogP contribution is 2.33. The molecule has 0 aliphatic rings. The molecule has 162 valence electrons. The third-order valence-corrected chi connectivity index (χ3v) is 5.50. The molecule has 0 atom stereocenters. The third-order valence-electron chi connectivity index (χ3n) is 4.82. The van der Waals surface area contributed by atoms with Gasteiger partial charge in [0, 0.05) is 15.4 Å². The van der Waals surface area contributed by atoms with Crippen molar-refractivity contribution in [2.24, 2.45) is 5.10 Å². The van der Waals surface area contributed by atoms with Crippen LogP contribution in [0.25, 0.3) is 11.0 Å². The molecule has 4 rings (SSSR count). The van der Waals surface area contributed by atoms with Gasteiger partial charge in [-0.05, 0) is 52.7 Å². The fourth-order valence-electron chi connectivity index (χ4n) is 3.08. The molecular formula is C25H21BrN2O4. The Balaban J connectivity index is 1.44. The van der Waals surface area contributed by atoms with Gasteiger partial charge in [-0.1, -0.05) is 48.0 Å². The molecule has 32 heavy (non-hydrogen) atoms. The monoisotopic (exact) mass is 492 g/mol. The van der Waals surface area contributed by atoms with E-state index in [2.05, 4.69) is 26.5 Å². The predicted octanol–water partition coefficient (Wildman–Crippen LogP) is 5.86. The van der Waals surface area contributed by atoms with Crippen LogP contribution in [0.15, 0.2) is 80.7 Å². The summed E-state index contributed by atoms with van der Waals surface area (Å²) in [5.74, 6) is 0.923. The van der Waals surface area contributed by atoms with Crippen LogP contribution in [0, 0.1) is 6.92 Å². The molecule has 0 aliphatic heterocycles. The van der Waals surface area contributed by atoms with Gasteiger partial charge in [-0.3, -0.25) is 4.79 Å². The van der Waals surface area contributed by atoms with E-state index in [9.17, 15) is 4.79 Å². The van der Waals surface area contributed by atoms with Gasteiger partial charge < -0.3 is 13.9 Å². The summed E-state index contributed by atoms with van der Waals surface area (Å²) >= 11 is 3.52. The van der Waals surface area contributed by atoms with Crippen molar-refractivity contribution in [3.8, 4) is 11.5 Å². The average Bonchev–Trinajstić information content (AvgIpc) is 3.24. The highest BCUT2D eigenvalue weighted by Gasteiger charge is 2.12. The van der Waals surface area contributed by atoms with Crippen LogP contribution in [-0.4, -0.2) is 19.2 Å². The van der Waals surface area contributed by atoms with Gasteiger partial charge in [-0.2, -0.15) is 5.10 Å². The number of methoxy groups -OCH3 is 1. The Kier molecular flexibility index (Phi) is 6.56. The number of hydrogen-bond acceptors (Lipinski definition) is 5. The van der Waals surface area contributed by atoms with Gasteiger partial charge in [0.05, 0.1) is 13.3 Å². The lowest BCUT2D eigenvalue weighted by Crippen LogP contribution is -2.16. The number of carbonyl (C=O) groups excluding carboxylic acids is 1. The van der Waals surface area contributed by atoms with Crippen molar-refractivity contribution in [1.82, 2.24) is 5.43 Å². The quantitative estimate of drug-likeness (QED) is 0.259. The SMILES string of the molecule is COc1cc(/C=N/NC(=O)c2cc3ccccc3o2)c(Br)cc1OCc1ccc(C)cc1. The molecule has 3 aromatic carbocycles. The molecular weight excluding hydrogens is 472 g/mol. The molecule has 1 N–H and O–H groups in total. The molecule has 1 heterocycles. The third kappa shape index (κ3) is 5.00. The first-order chi connectivity index (χ1) is 15.5. The Morgan fingerprint density at radius 2 is 1.88 bits per heavy atom. The second kappa shape index (κ2) is 9.70. The van der Waals surface area contributed by atoms with Gasteiger partial charge in [-0.15, -0.1) is 0 Å². The number of rotatable bonds is 7. The van der Waals surface area contributed by atoms with Crippen LogP contribution in [0.3, 0.4) is 0 Å². The molecule has 1 amide bonds. The molecule has 1 aromatic heterocycles. The van der Waals surface area contributed by atoms with Gasteiger partial charge in [0.15, 0.2) is 17.3 Å². The van der Waals surface area contributed by atoms with Crippen molar-refractivity contribution >= 4 is 39.0 Å². The minimum absolute atomic E-state index is 0.194. The van der Waals surface area contributed by atoms with Crippen LogP contribution in [0.2, 0.25) is 0 Å². The molecule has 0 aliphatic carbocycles. The van der Waals surface area contributed by atoms with Crippen molar-refractivity contribution in [2.75, 3.05) is 7.11 Å². The smallest absolute Gasteiger partial charge is 0.307 e. The minimum atomic E-state index is -0.432. The lowest BCUT2D eigenvalue weighted by Gasteiger charge is -2.13. The van der Waals surface area contributed by atoms with Crippen molar-refractivity contribution < 1.29 is 18.7 Å². The summed E-state index contributed by atoms with van der Waals surface area (Å²) < 4.78 is 17.7. The van der Waals surface area contributed by atoms with Crippen molar-refractivity contribution in [1.29, 1.82) is 0 Å². The highest BCUT2D eigenvalue weighted by molar-refractivity contribution is 9.10. The predicted molar refractivity (Wildman–Crippen MR) is 127 cm³/mol. The molecule has 0 spiro atoms. The molecule has 6 nitrogen and oxygen atoms in total. The number of para-hydroxylation sites is 1. The Morgan fingerprint density at radius 3 is 2.62 bits per heavy atom. The van der Waals surface area contributed by atoms with Gasteiger partial charge in [-0.25, -0.2) is 5.43 Å². The molecule has 0 saturated heterocycles. The summed E-state index contributed by atoms with van der Waals surface area (Å²) in [5, 5.41) is 4.90. The molecule has 0 fully saturated rings. The first kappa shape index (κ1) is 21.6. The molecule has 0 radical (unpaired) electrons. The van der Waals surface area contributed by atoms with E-state index in [-0.39, 0.29) is 5.76 Å². The maximum Gasteiger partial charge on any atom is 0.307 e. The number of carbonyl (C=O) groups is 1. The lowest BCUT2D eigenvalue weighted by molar-refractivity contribution is 0.0929. The summed E-state index contributed by atoms with van der Waals surface area (Å²) in [5.41, 5.74) is 6.11. The molecule has 7 heteroatoms. The summed E-state index contributed by atoms with van der Waals surface area (Å²) in [6.45, 7) is 2.47. The van der Waals surface area contributed by atoms with Crippen molar-refractivity contribution in [3.63, 3.8) is 0 Å². The minimum Gasteiger partial charge on any atom is -0.493 e. The van der Waals surface area contributed by atoms with Crippen LogP contribution in [0.5, 0.6) is 11.5 Å². The van der Waals surface area contributed by atoms with Crippen LogP contribution in [0.4, 0.5) is 0 Å². The van der Waals surface area contributed by atoms with Crippen LogP contribution < -0.4 is 14.9 Å². The number of furan rings is 1. The largest absolute Gasteiger partial charge is 0.493 e. The van der Waals surface area contributed by atoms with E-state index >= 15 is 0 Å². The maximum atomic E-state index is 12.3. The van der Waals surface area contributed by atoms with E-state index in [4.69, 9.17) is 13.9 Å². The number of aryl methyl sites for hydroxylation is 1. The first-order valence-corrected chi connectivity index (χ1v) is 10.7. The maximum absolute atomic E-state index is 12.3. The molecule has 4 aromatic rings. The summed E-state index contributed by atoms with van der Waals surface area (Å²) in [7, 11) is 1.58. The fraction of sp³-hybridized carbons (Fsp3) is 0.120. The number of amides is 1. The standard InChI is InChI=1S/C25H21BrN2O4/c1-16-7-9-17(10-8-16)15-31-23-13-20(26)19(12-22(23)30-2)14-27-28-25(29)24-11-18-5-3-4-6-21(18)32-24/h3-14H,15H2,1-2H3,(H,28,29)/b27-14+. The van der Waals surface area contributed by atoms with E-state index in [1.165, 1.54) is 11.8 Å². The lowest BCUT2D eigenvalue weighted by atomic mass is 10.2. The zero-order chi connectivity index (χ0) is 22.5. The number of halogens is 1. The topological polar surface area (TPSA) is 73.1 Å². The van der Waals surface area contributed by atoms with E-state index < -0.39 is 5.91 Å². The van der Waals surface area contributed by atoms with E-state index in [1.54, 1.807) is 25.3 Å². The number of nitrogens with one attached hydrogen (secondary N) is 1. The van der Waals surface area contributed by atoms with Crippen molar-refractivity contribution in [2.45, 2.75) is 13.5 Å². The molecule has 0 unspecified atom stereocenters. The first-order valence-electron chi connectivity index (χ1n) is 9.91. The van der Waals surface area contributed by atoms with Crippen LogP contribution in [-0.2, 0) is 6.61 Å². The summed E-state index contributed by atoms with van der Waals surface area (Å²) in [6, 6.07) is 20.9. The summed E-state index contributed by atoms with van der Waals surface area (Å²) in [4.78, 5) is 12.3. The Hall–Kier alpha value is -3.58. The number of ether oxygens (including phenoxy) is 2. The number of fused-ring (bicyclic) bond motifs is 1. The normalized spacial score (nSPS) is 11.1. The highest BCUT2D eigenvalue weighted by atomic mass is 79.9. The Morgan fingerprint density at radius 1 is 1.09 bits per heavy atom. The second-order valence-corrected chi connectivity index (χ2v) is 8.00. The van der Waals surface area contributed by atoms with E-state index in [0.717, 1.165) is 21.0 Å². The number of hydrogen-bond donors (Lipinski definition) is 1. The number of nitrogens with zero attached hydrogens (tertiary/aromatic N) is 1. The van der Waals surface area contributed by atoms with Crippen molar-refractivity contribution in [3.05, 3.63) is 93.7 Å².